The highest BCUT2D eigenvalue weighted by atomic mass is 35.5. The first kappa shape index (κ1) is 16.1. The first-order chi connectivity index (χ1) is 10.9. The number of hydrogen-bond donors (Lipinski definition) is 3. The number of nitrogens with one attached hydrogen (secondary N) is 2. The van der Waals surface area contributed by atoms with Crippen molar-refractivity contribution in [1.29, 1.82) is 0 Å². The molecule has 23 heavy (non-hydrogen) atoms. The molecule has 2 amide bonds. The fourth-order valence-electron chi connectivity index (χ4n) is 2.47. The molecule has 2 unspecified atom stereocenters. The second-order valence-electron chi connectivity index (χ2n) is 5.66. The van der Waals surface area contributed by atoms with Crippen molar-refractivity contribution in [3.05, 3.63) is 23.2 Å². The van der Waals surface area contributed by atoms with Gasteiger partial charge in [-0.15, -0.1) is 11.8 Å². The number of amides is 2. The summed E-state index contributed by atoms with van der Waals surface area (Å²) < 4.78 is 0. The number of hydrogen-bond acceptors (Lipinski definition) is 4. The number of thioether (sulfide) groups is 1. The van der Waals surface area contributed by atoms with Crippen LogP contribution in [0.5, 0.6) is 0 Å². The zero-order valence-electron chi connectivity index (χ0n) is 12.0. The Morgan fingerprint density at radius 1 is 1.43 bits per heavy atom. The van der Waals surface area contributed by atoms with Gasteiger partial charge in [0.1, 0.15) is 6.04 Å². The quantitative estimate of drug-likeness (QED) is 0.752. The number of aliphatic carboxylic acids is 1. The predicted octanol–water partition coefficient (Wildman–Crippen LogP) is 2.12. The number of rotatable bonds is 5. The molecule has 1 heterocycles. The summed E-state index contributed by atoms with van der Waals surface area (Å²) in [7, 11) is 0. The third kappa shape index (κ3) is 3.79. The minimum atomic E-state index is -1.03. The van der Waals surface area contributed by atoms with Gasteiger partial charge in [0.25, 0.3) is 0 Å². The van der Waals surface area contributed by atoms with E-state index in [9.17, 15) is 14.4 Å². The Kier molecular flexibility index (Phi) is 4.50. The molecule has 1 aromatic carbocycles. The highest BCUT2D eigenvalue weighted by Crippen LogP contribution is 2.38. The molecular formula is C15H15ClN2O4S. The maximum absolute atomic E-state index is 12.1. The second-order valence-corrected chi connectivity index (χ2v) is 7.34. The molecule has 6 nitrogen and oxygen atoms in total. The molecule has 122 valence electrons. The zero-order valence-corrected chi connectivity index (χ0v) is 13.6. The van der Waals surface area contributed by atoms with Gasteiger partial charge in [0.15, 0.2) is 0 Å². The van der Waals surface area contributed by atoms with E-state index in [-0.39, 0.29) is 18.2 Å². The van der Waals surface area contributed by atoms with Crippen LogP contribution in [-0.4, -0.2) is 34.2 Å². The number of benzene rings is 1. The van der Waals surface area contributed by atoms with Crippen molar-refractivity contribution in [2.45, 2.75) is 35.4 Å². The summed E-state index contributed by atoms with van der Waals surface area (Å²) in [5, 5.41) is 14.3. The Morgan fingerprint density at radius 3 is 2.83 bits per heavy atom. The molecule has 0 spiro atoms. The predicted molar refractivity (Wildman–Crippen MR) is 86.6 cm³/mol. The number of carboxylic acids is 1. The van der Waals surface area contributed by atoms with E-state index in [4.69, 9.17) is 16.7 Å². The van der Waals surface area contributed by atoms with E-state index in [0.29, 0.717) is 10.7 Å². The van der Waals surface area contributed by atoms with E-state index in [2.05, 4.69) is 10.6 Å². The molecule has 1 aliphatic heterocycles. The average Bonchev–Trinajstić information content (AvgIpc) is 3.30. The number of halogens is 1. The van der Waals surface area contributed by atoms with Crippen LogP contribution in [-0.2, 0) is 14.4 Å². The fourth-order valence-corrected chi connectivity index (χ4v) is 3.73. The molecule has 0 aromatic heterocycles. The smallest absolute Gasteiger partial charge is 0.326 e. The molecule has 0 radical (unpaired) electrons. The SMILES string of the molecule is O=C(CC1Sc2ccc(Cl)cc2NC1=O)NC(C(=O)O)C1CC1. The average molecular weight is 355 g/mol. The van der Waals surface area contributed by atoms with Gasteiger partial charge in [0.05, 0.1) is 10.9 Å². The number of carbonyl (C=O) groups excluding carboxylic acids is 2. The van der Waals surface area contributed by atoms with E-state index >= 15 is 0 Å². The van der Waals surface area contributed by atoms with E-state index in [1.165, 1.54) is 11.8 Å². The fraction of sp³-hybridized carbons (Fsp3) is 0.400. The Hall–Kier alpha value is -1.73. The summed E-state index contributed by atoms with van der Waals surface area (Å²) in [5.74, 6) is -1.72. The van der Waals surface area contributed by atoms with Gasteiger partial charge in [-0.2, -0.15) is 0 Å². The highest BCUT2D eigenvalue weighted by Gasteiger charge is 2.38. The third-order valence-corrected chi connectivity index (χ3v) is 5.32. The first-order valence-corrected chi connectivity index (χ1v) is 8.49. The second kappa shape index (κ2) is 6.41. The summed E-state index contributed by atoms with van der Waals surface area (Å²) in [6.07, 6.45) is 1.56. The number of carboxylic acid groups (broad SMARTS) is 1. The van der Waals surface area contributed by atoms with Gasteiger partial charge in [-0.1, -0.05) is 11.6 Å². The molecule has 3 rings (SSSR count). The number of fused-ring (bicyclic) bond motifs is 1. The maximum Gasteiger partial charge on any atom is 0.326 e. The van der Waals surface area contributed by atoms with Gasteiger partial charge < -0.3 is 15.7 Å². The maximum atomic E-state index is 12.1. The molecule has 1 aromatic rings. The summed E-state index contributed by atoms with van der Waals surface area (Å²) in [5.41, 5.74) is 0.630. The molecule has 0 saturated heterocycles. The summed E-state index contributed by atoms with van der Waals surface area (Å²) in [6, 6.07) is 4.31. The van der Waals surface area contributed by atoms with Crippen LogP contribution < -0.4 is 10.6 Å². The number of anilines is 1. The largest absolute Gasteiger partial charge is 0.480 e. The Bertz CT molecular complexity index is 677. The summed E-state index contributed by atoms with van der Waals surface area (Å²) >= 11 is 7.17. The van der Waals surface area contributed by atoms with Crippen LogP contribution in [0.2, 0.25) is 5.02 Å². The van der Waals surface area contributed by atoms with Gasteiger partial charge in [-0.25, -0.2) is 4.79 Å². The van der Waals surface area contributed by atoms with Crippen molar-refractivity contribution >= 4 is 46.8 Å². The minimum absolute atomic E-state index is 0.00662. The van der Waals surface area contributed by atoms with Crippen molar-refractivity contribution in [2.24, 2.45) is 5.92 Å². The van der Waals surface area contributed by atoms with Crippen LogP contribution >= 0.6 is 23.4 Å². The van der Waals surface area contributed by atoms with Crippen molar-refractivity contribution in [3.63, 3.8) is 0 Å². The van der Waals surface area contributed by atoms with Gasteiger partial charge in [-0.05, 0) is 37.0 Å². The molecule has 1 fully saturated rings. The van der Waals surface area contributed by atoms with Crippen molar-refractivity contribution in [1.82, 2.24) is 5.32 Å². The monoisotopic (exact) mass is 354 g/mol. The third-order valence-electron chi connectivity index (χ3n) is 3.81. The van der Waals surface area contributed by atoms with Gasteiger partial charge in [0.2, 0.25) is 11.8 Å². The topological polar surface area (TPSA) is 95.5 Å². The standard InChI is InChI=1S/C15H15ClN2O4S/c16-8-3-4-10-9(5-8)17-14(20)11(23-10)6-12(19)18-13(15(21)22)7-1-2-7/h3-5,7,11,13H,1-2,6H2,(H,17,20)(H,18,19)(H,21,22). The zero-order chi connectivity index (χ0) is 16.6. The first-order valence-electron chi connectivity index (χ1n) is 7.23. The molecule has 2 atom stereocenters. The van der Waals surface area contributed by atoms with Crippen LogP contribution in [0, 0.1) is 5.92 Å². The van der Waals surface area contributed by atoms with Crippen LogP contribution in [0.25, 0.3) is 0 Å². The van der Waals surface area contributed by atoms with Gasteiger partial charge >= 0.3 is 5.97 Å². The molecule has 1 saturated carbocycles. The number of carbonyl (C=O) groups is 3. The lowest BCUT2D eigenvalue weighted by atomic mass is 10.1. The van der Waals surface area contributed by atoms with Crippen LogP contribution in [0.3, 0.4) is 0 Å². The van der Waals surface area contributed by atoms with Crippen molar-refractivity contribution in [3.8, 4) is 0 Å². The molecule has 1 aliphatic carbocycles. The molecule has 8 heteroatoms. The lowest BCUT2D eigenvalue weighted by molar-refractivity contribution is -0.142. The molecular weight excluding hydrogens is 340 g/mol. The molecule has 0 bridgehead atoms. The Labute approximate surface area is 142 Å². The summed E-state index contributed by atoms with van der Waals surface area (Å²) in [6.45, 7) is 0. The van der Waals surface area contributed by atoms with E-state index in [1.54, 1.807) is 18.2 Å². The normalized spacial score (nSPS) is 21.1. The lowest BCUT2D eigenvalue weighted by Gasteiger charge is -2.24. The Morgan fingerprint density at radius 2 is 2.17 bits per heavy atom. The molecule has 2 aliphatic rings. The van der Waals surface area contributed by atoms with E-state index < -0.39 is 23.2 Å². The van der Waals surface area contributed by atoms with Gasteiger partial charge in [0, 0.05) is 16.3 Å². The van der Waals surface area contributed by atoms with Crippen molar-refractivity contribution < 1.29 is 19.5 Å². The Balaban J connectivity index is 1.63. The summed E-state index contributed by atoms with van der Waals surface area (Å²) in [4.78, 5) is 36.2. The van der Waals surface area contributed by atoms with Crippen LogP contribution in [0.4, 0.5) is 5.69 Å². The van der Waals surface area contributed by atoms with E-state index in [1.807, 2.05) is 0 Å². The molecule has 3 N–H and O–H groups in total. The van der Waals surface area contributed by atoms with Gasteiger partial charge in [-0.3, -0.25) is 9.59 Å². The van der Waals surface area contributed by atoms with Crippen molar-refractivity contribution in [2.75, 3.05) is 5.32 Å². The van der Waals surface area contributed by atoms with Crippen LogP contribution in [0.1, 0.15) is 19.3 Å². The van der Waals surface area contributed by atoms with E-state index in [0.717, 1.165) is 17.7 Å². The highest BCUT2D eigenvalue weighted by molar-refractivity contribution is 8.01. The lowest BCUT2D eigenvalue weighted by Crippen LogP contribution is -2.44. The van der Waals surface area contributed by atoms with Crippen LogP contribution in [0.15, 0.2) is 23.1 Å². The minimum Gasteiger partial charge on any atom is -0.480 e.